The number of ether oxygens (including phenoxy) is 2. The highest BCUT2D eigenvalue weighted by atomic mass is 79.9. The van der Waals surface area contributed by atoms with Gasteiger partial charge in [0.1, 0.15) is 57.7 Å². The first-order chi connectivity index (χ1) is 53.2. The van der Waals surface area contributed by atoms with Gasteiger partial charge in [-0.05, 0) is 245 Å². The molecule has 4 saturated heterocycles. The molecule has 0 saturated carbocycles. The molecule has 644 valence electrons. The molecule has 0 spiro atoms. The molecule has 8 aromatic rings. The van der Waals surface area contributed by atoms with Gasteiger partial charge in [-0.1, -0.05) is 60.5 Å². The van der Waals surface area contributed by atoms with Crippen LogP contribution in [0.15, 0.2) is 159 Å². The van der Waals surface area contributed by atoms with Gasteiger partial charge in [-0.2, -0.15) is 21.0 Å². The molecule has 4 aromatic carbocycles. The van der Waals surface area contributed by atoms with Gasteiger partial charge in [-0.15, -0.1) is 12.4 Å². The quantitative estimate of drug-likeness (QED) is 0.0899. The number of pyridine rings is 4. The maximum atomic E-state index is 13.6. The number of carbonyl (C=O) groups excluding carboxylic acids is 3. The smallest absolute Gasteiger partial charge is 0.410 e. The topological polar surface area (TPSA) is 275 Å². The Labute approximate surface area is 711 Å². The summed E-state index contributed by atoms with van der Waals surface area (Å²) < 4.78 is 115. The van der Waals surface area contributed by atoms with Gasteiger partial charge < -0.3 is 34.6 Å². The average molecular weight is 1740 g/mol. The highest BCUT2D eigenvalue weighted by Crippen LogP contribution is 2.39. The predicted octanol–water partition coefficient (Wildman–Crippen LogP) is 22.0. The monoisotopic (exact) mass is 1740 g/mol. The number of likely N-dealkylation sites (tertiary alicyclic amines) is 3. The summed E-state index contributed by atoms with van der Waals surface area (Å²) in [5.41, 5.74) is 2.39. The van der Waals surface area contributed by atoms with Crippen molar-refractivity contribution in [1.82, 2.24) is 40.0 Å². The number of carboxylic acids is 1. The lowest BCUT2D eigenvalue weighted by Crippen LogP contribution is -2.45. The van der Waals surface area contributed by atoms with E-state index in [-0.39, 0.29) is 93.3 Å². The third-order valence-electron chi connectivity index (χ3n) is 18.4. The number of carbonyl (C=O) groups is 4. The number of alkyl halides is 1. The van der Waals surface area contributed by atoms with Crippen molar-refractivity contribution in [3.63, 3.8) is 0 Å². The normalized spacial score (nSPS) is 14.5. The van der Waals surface area contributed by atoms with Crippen molar-refractivity contribution in [3.8, 4) is 46.8 Å². The van der Waals surface area contributed by atoms with E-state index in [1.165, 1.54) is 54.6 Å². The van der Waals surface area contributed by atoms with Crippen LogP contribution in [0.5, 0.6) is 0 Å². The largest absolute Gasteiger partial charge is 0.478 e. The van der Waals surface area contributed by atoms with Crippen LogP contribution < -0.4 is 5.32 Å². The number of nitriles is 4. The fraction of sp³-hybridized carbons (Fsp3) is 0.422. The fourth-order valence-electron chi connectivity index (χ4n) is 12.8. The van der Waals surface area contributed by atoms with Crippen molar-refractivity contribution < 1.29 is 68.9 Å². The zero-order valence-corrected chi connectivity index (χ0v) is 65.8. The Hall–Kier alpha value is -10.9. The molecule has 12 rings (SSSR count). The van der Waals surface area contributed by atoms with Gasteiger partial charge in [0.25, 0.3) is 5.91 Å². The first-order valence-electron chi connectivity index (χ1n) is 36.1. The van der Waals surface area contributed by atoms with E-state index in [4.69, 9.17) is 19.8 Å². The number of piperidine rings is 4. The van der Waals surface area contributed by atoms with Crippen LogP contribution in [-0.2, 0) is 34.1 Å². The van der Waals surface area contributed by atoms with E-state index in [0.717, 1.165) is 74.2 Å². The molecule has 119 heavy (non-hydrogen) atoms. The van der Waals surface area contributed by atoms with Crippen LogP contribution >= 0.6 is 28.3 Å². The molecule has 19 nitrogen and oxygen atoms in total. The van der Waals surface area contributed by atoms with Gasteiger partial charge in [0, 0.05) is 123 Å². The lowest BCUT2D eigenvalue weighted by atomic mass is 9.75. The minimum absolute atomic E-state index is 0. The van der Waals surface area contributed by atoms with Crippen LogP contribution in [0.2, 0.25) is 0 Å². The molecule has 0 unspecified atom stereocenters. The van der Waals surface area contributed by atoms with Crippen molar-refractivity contribution in [2.24, 2.45) is 22.2 Å². The van der Waals surface area contributed by atoms with Gasteiger partial charge in [-0.3, -0.25) is 24.7 Å². The Morgan fingerprint density at radius 1 is 0.462 bits per heavy atom. The molecule has 4 aliphatic rings. The summed E-state index contributed by atoms with van der Waals surface area (Å²) in [4.78, 5) is 69.2. The molecule has 0 bridgehead atoms. The Bertz CT molecular complexity index is 4600. The molecule has 2 N–H and O–H groups in total. The Balaban J connectivity index is 0.00000143. The van der Waals surface area contributed by atoms with Crippen LogP contribution in [0.1, 0.15) is 180 Å². The zero-order chi connectivity index (χ0) is 81.8. The number of amides is 3. The van der Waals surface area contributed by atoms with E-state index in [1.807, 2.05) is 20.8 Å². The highest BCUT2D eigenvalue weighted by Gasteiger charge is 2.40. The predicted molar refractivity (Wildman–Crippen MR) is 453 cm³/mol. The molecule has 4 aromatic heterocycles. The summed E-state index contributed by atoms with van der Waals surface area (Å²) in [6.45, 7) is 15.3. The average Bonchev–Trinajstić information content (AvgIpc) is 0.796. The van der Waals surface area contributed by atoms with E-state index < -0.39 is 86.0 Å². The number of hydrogen-bond acceptors (Lipinski definition) is 15. The number of nitrogens with one attached hydrogen (secondary N) is 1. The minimum Gasteiger partial charge on any atom is -0.478 e. The second kappa shape index (κ2) is 50.8. The van der Waals surface area contributed by atoms with Crippen molar-refractivity contribution in [1.29, 1.82) is 21.0 Å². The number of carboxylic acid groups (broad SMARTS) is 1. The second-order valence-electron chi connectivity index (χ2n) is 29.4. The molecule has 3 amide bonds. The second-order valence-corrected chi connectivity index (χ2v) is 30.0. The van der Waals surface area contributed by atoms with Crippen LogP contribution in [-0.4, -0.2) is 127 Å². The Kier molecular flexibility index (Phi) is 46.1. The summed E-state index contributed by atoms with van der Waals surface area (Å²) in [5, 5.41) is 50.0. The zero-order valence-electron chi connectivity index (χ0n) is 63.4. The summed E-state index contributed by atoms with van der Waals surface area (Å²) in [7, 11) is 0. The van der Waals surface area contributed by atoms with Gasteiger partial charge in [0.05, 0.1) is 63.0 Å². The van der Waals surface area contributed by atoms with E-state index in [0.29, 0.717) is 116 Å². The number of nitrogens with zero attached hydrogens (tertiary/aromatic N) is 11. The van der Waals surface area contributed by atoms with Crippen molar-refractivity contribution in [2.75, 3.05) is 52.4 Å². The summed E-state index contributed by atoms with van der Waals surface area (Å²) in [5.74, 6) is -5.87. The van der Waals surface area contributed by atoms with E-state index >= 15 is 0 Å². The minimum atomic E-state index is -0.977. The molecule has 0 aliphatic carbocycles. The molecular weight excluding hydrogens is 1630 g/mol. The lowest BCUT2D eigenvalue weighted by Gasteiger charge is -2.37. The maximum absolute atomic E-state index is 13.6. The number of hydrogen-bond donors (Lipinski definition) is 2. The van der Waals surface area contributed by atoms with E-state index in [1.54, 1.807) is 115 Å². The van der Waals surface area contributed by atoms with Crippen LogP contribution in [0.4, 0.5) is 44.7 Å². The summed E-state index contributed by atoms with van der Waals surface area (Å²) in [6.07, 6.45) is 14.7. The fourth-order valence-corrected chi connectivity index (χ4v) is 13.1. The van der Waals surface area contributed by atoms with E-state index in [9.17, 15) is 70.1 Å². The summed E-state index contributed by atoms with van der Waals surface area (Å²) >= 11 is 3.09. The summed E-state index contributed by atoms with van der Waals surface area (Å²) in [6, 6.07) is 36.4. The molecule has 8 heterocycles. The first kappa shape index (κ1) is 108. The van der Waals surface area contributed by atoms with Crippen molar-refractivity contribution in [3.05, 3.63) is 238 Å². The standard InChI is InChI=1S/C24H20F2N4O.C18H22F2N2O2.C13H14F2N2.C11H8N2O2.C11H18N2O2.C7H5BrF2.6CH4.ClH/c25-19-12-17(13-20(26)14-19)15-24(16-27)5-10-30(11-6-24)23(31)21-2-1-7-29-22(21)18-3-8-28-9-4-18;1-17(2,3)24-16(23)22-6-4-18(12-21,5-7-22)11-13-8-14(19)10-15(20)9-13;14-11-5-10(6-12(15)7-11)8-13(9-16)1-3-17-4-2-13;14-11(15)9-2-1-5-13-10(9)8-3-6-12-7-4-8;1-11(2,3)15-10(14)13-6-4-9(8-12)5-7-13;8-4-5-1-6(9)3-7(10)2-5;;;;;;;/h1-4,7-9,12-14H,5-6,10-11,15H2;8-10H,4-7,11H2,1-3H3;5-7,17H,1-4,8H2;1-7H,(H,14,15);9H,4-7H2,1-3H3;1-3H,4H2;6*1H4;1H. The molecular formula is C90H112BrClF8N12O7. The van der Waals surface area contributed by atoms with Crippen molar-refractivity contribution >= 4 is 52.4 Å². The molecule has 29 heteroatoms. The van der Waals surface area contributed by atoms with E-state index in [2.05, 4.69) is 65.5 Å². The van der Waals surface area contributed by atoms with Crippen LogP contribution in [0, 0.1) is 114 Å². The molecule has 0 radical (unpaired) electrons. The van der Waals surface area contributed by atoms with Crippen LogP contribution in [0.3, 0.4) is 0 Å². The third-order valence-corrected chi connectivity index (χ3v) is 19.1. The first-order valence-corrected chi connectivity index (χ1v) is 37.2. The Morgan fingerprint density at radius 3 is 1.08 bits per heavy atom. The number of rotatable bonds is 11. The molecule has 0 atom stereocenters. The van der Waals surface area contributed by atoms with Gasteiger partial charge in [0.2, 0.25) is 0 Å². The van der Waals surface area contributed by atoms with Crippen LogP contribution in [0.25, 0.3) is 22.5 Å². The van der Waals surface area contributed by atoms with Gasteiger partial charge in [-0.25, -0.2) is 49.5 Å². The molecule has 4 fully saturated rings. The van der Waals surface area contributed by atoms with Gasteiger partial charge in [0.15, 0.2) is 0 Å². The third kappa shape index (κ3) is 34.5. The molecule has 4 aliphatic heterocycles. The highest BCUT2D eigenvalue weighted by molar-refractivity contribution is 9.08. The number of aromatic nitrogens is 4. The number of benzene rings is 4. The lowest BCUT2D eigenvalue weighted by molar-refractivity contribution is 0.0146. The van der Waals surface area contributed by atoms with Gasteiger partial charge >= 0.3 is 18.2 Å². The number of halogens is 10. The SMILES string of the molecule is C.C.C.C.C.C.CC(C)(C)OC(=O)N1CCC(C#N)(Cc2cc(F)cc(F)c2)CC1.CC(C)(C)OC(=O)N1CCC(C#N)CC1.Cl.Fc1cc(F)cc(CBr)c1.N#CC1(Cc2cc(F)cc(F)c2)CCN(C(=O)c2cccnc2-c2ccncc2)CC1.N#CC1(Cc2cc(F)cc(F)c2)CCNCC1.O=C(O)c1cccnc1-c1ccncc1. The Morgan fingerprint density at radius 2 is 0.765 bits per heavy atom. The van der Waals surface area contributed by atoms with Crippen molar-refractivity contribution in [2.45, 2.75) is 173 Å². The number of aromatic carboxylic acids is 1. The maximum Gasteiger partial charge on any atom is 0.410 e.